The summed E-state index contributed by atoms with van der Waals surface area (Å²) < 4.78 is 12.8. The van der Waals surface area contributed by atoms with Crippen molar-refractivity contribution in [1.29, 1.82) is 0 Å². The van der Waals surface area contributed by atoms with Gasteiger partial charge >= 0.3 is 0 Å². The smallest absolute Gasteiger partial charge is 0.143 e. The van der Waals surface area contributed by atoms with Crippen LogP contribution in [0.2, 0.25) is 0 Å². The lowest BCUT2D eigenvalue weighted by molar-refractivity contribution is 0.669. The van der Waals surface area contributed by atoms with Crippen molar-refractivity contribution in [2.24, 2.45) is 0 Å². The minimum Gasteiger partial charge on any atom is -0.456 e. The van der Waals surface area contributed by atoms with E-state index < -0.39 is 0 Å². The van der Waals surface area contributed by atoms with Gasteiger partial charge in [0.15, 0.2) is 0 Å². The van der Waals surface area contributed by atoms with Crippen LogP contribution in [0.15, 0.2) is 197 Å². The second-order valence-corrected chi connectivity index (χ2v) is 14.4. The number of allylic oxidation sites excluding steroid dienone is 4. The third-order valence-corrected chi connectivity index (χ3v) is 11.2. The summed E-state index contributed by atoms with van der Waals surface area (Å²) in [6.07, 6.45) is 6.63. The summed E-state index contributed by atoms with van der Waals surface area (Å²) >= 11 is 0. The number of nitrogens with zero attached hydrogens (tertiary/aromatic N) is 1. The maximum atomic E-state index is 6.57. The van der Waals surface area contributed by atoms with Gasteiger partial charge in [-0.2, -0.15) is 0 Å². The molecule has 1 aliphatic carbocycles. The van der Waals surface area contributed by atoms with E-state index in [1.165, 1.54) is 27.7 Å². The Bertz CT molecular complexity index is 3140. The van der Waals surface area contributed by atoms with Crippen molar-refractivity contribution >= 4 is 82.9 Å². The van der Waals surface area contributed by atoms with Crippen molar-refractivity contribution in [2.75, 3.05) is 4.90 Å². The molecule has 8 aromatic carbocycles. The van der Waals surface area contributed by atoms with Gasteiger partial charge in [0.1, 0.15) is 22.3 Å². The van der Waals surface area contributed by atoms with Crippen LogP contribution in [-0.2, 0) is 0 Å². The predicted octanol–water partition coefficient (Wildman–Crippen LogP) is 15.0. The standard InChI is InChI=1S/C52H35NO2/c1-2-10-34(11-3-1)35-20-22-36(23-21-35)37-24-27-40(28-25-37)53(42-29-31-49-47(33-42)45-16-6-7-18-48(45)54-49)41-14-8-13-39(32-41)43-17-9-19-50-51(43)46-30-26-38-12-4-5-15-44(38)52(46)55-50/h1-20,22,24-33H,21,23H2. The van der Waals surface area contributed by atoms with Crippen LogP contribution < -0.4 is 4.90 Å². The van der Waals surface area contributed by atoms with E-state index in [4.69, 9.17) is 8.83 Å². The number of rotatable bonds is 6. The Hall–Kier alpha value is -7.10. The molecule has 0 aliphatic heterocycles. The van der Waals surface area contributed by atoms with Crippen LogP contribution in [0.5, 0.6) is 0 Å². The molecule has 3 heteroatoms. The maximum Gasteiger partial charge on any atom is 0.143 e. The van der Waals surface area contributed by atoms with Gasteiger partial charge in [0.05, 0.1) is 0 Å². The first-order chi connectivity index (χ1) is 27.2. The van der Waals surface area contributed by atoms with E-state index >= 15 is 0 Å². The highest BCUT2D eigenvalue weighted by Crippen LogP contribution is 2.43. The molecule has 2 aromatic heterocycles. The Kier molecular flexibility index (Phi) is 7.31. The SMILES string of the molecule is C1=C(c2ccccc2)CCC(c2ccc(N(c3cccc(-c4cccc5oc6c7ccccc7ccc6c45)c3)c3ccc4oc5ccccc5c4c3)cc2)=C1. The summed E-state index contributed by atoms with van der Waals surface area (Å²) in [5, 5.41) is 6.77. The average molecular weight is 706 g/mol. The van der Waals surface area contributed by atoms with Gasteiger partial charge in [-0.25, -0.2) is 0 Å². The van der Waals surface area contributed by atoms with Crippen LogP contribution in [0, 0.1) is 0 Å². The van der Waals surface area contributed by atoms with Crippen LogP contribution in [0.1, 0.15) is 24.0 Å². The van der Waals surface area contributed by atoms with Crippen molar-refractivity contribution in [2.45, 2.75) is 12.8 Å². The summed E-state index contributed by atoms with van der Waals surface area (Å²) in [5.74, 6) is 0. The van der Waals surface area contributed by atoms with Crippen molar-refractivity contribution in [3.8, 4) is 11.1 Å². The molecule has 3 nitrogen and oxygen atoms in total. The molecule has 0 fully saturated rings. The van der Waals surface area contributed by atoms with Crippen molar-refractivity contribution in [1.82, 2.24) is 0 Å². The molecule has 0 bridgehead atoms. The van der Waals surface area contributed by atoms with Gasteiger partial charge in [0, 0.05) is 44.0 Å². The Morgan fingerprint density at radius 1 is 0.382 bits per heavy atom. The Labute approximate surface area is 318 Å². The maximum absolute atomic E-state index is 6.57. The second-order valence-electron chi connectivity index (χ2n) is 14.4. The van der Waals surface area contributed by atoms with E-state index in [1.54, 1.807) is 0 Å². The lowest BCUT2D eigenvalue weighted by Gasteiger charge is -2.26. The number of benzene rings is 8. The van der Waals surface area contributed by atoms with Crippen LogP contribution in [-0.4, -0.2) is 0 Å². The van der Waals surface area contributed by atoms with Crippen LogP contribution in [0.3, 0.4) is 0 Å². The minimum atomic E-state index is 0.882. The number of fused-ring (bicyclic) bond motifs is 8. The van der Waals surface area contributed by atoms with E-state index in [1.807, 2.05) is 12.1 Å². The summed E-state index contributed by atoms with van der Waals surface area (Å²) in [6, 6.07) is 62.7. The highest BCUT2D eigenvalue weighted by atomic mass is 16.3. The highest BCUT2D eigenvalue weighted by molar-refractivity contribution is 6.19. The summed E-state index contributed by atoms with van der Waals surface area (Å²) in [5.41, 5.74) is 14.4. The molecule has 0 radical (unpaired) electrons. The predicted molar refractivity (Wildman–Crippen MR) is 230 cm³/mol. The van der Waals surface area contributed by atoms with Crippen molar-refractivity contribution < 1.29 is 8.83 Å². The Balaban J connectivity index is 1.04. The summed E-state index contributed by atoms with van der Waals surface area (Å²) in [4.78, 5) is 2.36. The third kappa shape index (κ3) is 5.35. The zero-order valence-corrected chi connectivity index (χ0v) is 30.1. The number of furan rings is 2. The lowest BCUT2D eigenvalue weighted by Crippen LogP contribution is -2.10. The van der Waals surface area contributed by atoms with E-state index in [0.29, 0.717) is 0 Å². The molecular formula is C52H35NO2. The summed E-state index contributed by atoms with van der Waals surface area (Å²) in [7, 11) is 0. The number of anilines is 3. The third-order valence-electron chi connectivity index (χ3n) is 11.2. The van der Waals surface area contributed by atoms with Crippen molar-refractivity contribution in [3.05, 3.63) is 199 Å². The molecular weight excluding hydrogens is 671 g/mol. The first kappa shape index (κ1) is 31.4. The normalized spacial score (nSPS) is 13.2. The quantitative estimate of drug-likeness (QED) is 0.172. The second kappa shape index (κ2) is 12.8. The van der Waals surface area contributed by atoms with Crippen LogP contribution in [0.4, 0.5) is 17.1 Å². The molecule has 0 saturated carbocycles. The minimum absolute atomic E-state index is 0.882. The van der Waals surface area contributed by atoms with Crippen LogP contribution >= 0.6 is 0 Å². The Morgan fingerprint density at radius 2 is 1.04 bits per heavy atom. The van der Waals surface area contributed by atoms with Crippen LogP contribution in [0.25, 0.3) is 76.9 Å². The van der Waals surface area contributed by atoms with E-state index in [2.05, 4.69) is 181 Å². The summed E-state index contributed by atoms with van der Waals surface area (Å²) in [6.45, 7) is 0. The zero-order chi connectivity index (χ0) is 36.3. The first-order valence-electron chi connectivity index (χ1n) is 19.0. The highest BCUT2D eigenvalue weighted by Gasteiger charge is 2.19. The van der Waals surface area contributed by atoms with Crippen molar-refractivity contribution in [3.63, 3.8) is 0 Å². The molecule has 260 valence electrons. The number of para-hydroxylation sites is 1. The van der Waals surface area contributed by atoms with Gasteiger partial charge in [0.25, 0.3) is 0 Å². The molecule has 2 heterocycles. The van der Waals surface area contributed by atoms with Gasteiger partial charge in [-0.1, -0.05) is 127 Å². The van der Waals surface area contributed by atoms with Gasteiger partial charge in [0.2, 0.25) is 0 Å². The van der Waals surface area contributed by atoms with Gasteiger partial charge in [-0.05, 0) is 112 Å². The number of hydrogen-bond acceptors (Lipinski definition) is 3. The first-order valence-corrected chi connectivity index (χ1v) is 19.0. The monoisotopic (exact) mass is 705 g/mol. The number of hydrogen-bond donors (Lipinski definition) is 0. The van der Waals surface area contributed by atoms with E-state index in [-0.39, 0.29) is 0 Å². The molecule has 0 N–H and O–H groups in total. The largest absolute Gasteiger partial charge is 0.456 e. The molecule has 11 rings (SSSR count). The van der Waals surface area contributed by atoms with Gasteiger partial charge in [-0.3, -0.25) is 0 Å². The molecule has 0 saturated heterocycles. The fraction of sp³-hybridized carbons (Fsp3) is 0.0385. The molecule has 0 amide bonds. The average Bonchev–Trinajstić information content (AvgIpc) is 3.83. The lowest BCUT2D eigenvalue weighted by atomic mass is 9.90. The van der Waals surface area contributed by atoms with Gasteiger partial charge < -0.3 is 13.7 Å². The topological polar surface area (TPSA) is 29.5 Å². The molecule has 0 atom stereocenters. The fourth-order valence-corrected chi connectivity index (χ4v) is 8.50. The fourth-order valence-electron chi connectivity index (χ4n) is 8.50. The Morgan fingerprint density at radius 3 is 1.87 bits per heavy atom. The molecule has 0 spiro atoms. The van der Waals surface area contributed by atoms with E-state index in [0.717, 1.165) is 90.3 Å². The molecule has 55 heavy (non-hydrogen) atoms. The molecule has 0 unspecified atom stereocenters. The van der Waals surface area contributed by atoms with Gasteiger partial charge in [-0.15, -0.1) is 0 Å². The zero-order valence-electron chi connectivity index (χ0n) is 30.1. The molecule has 10 aromatic rings. The van der Waals surface area contributed by atoms with E-state index in [9.17, 15) is 0 Å². The molecule has 1 aliphatic rings.